The number of nitrogens with two attached hydrogens (primary N) is 1. The first-order valence-corrected chi connectivity index (χ1v) is 5.23. The van der Waals surface area contributed by atoms with Crippen LogP contribution in [-0.2, 0) is 11.3 Å². The number of halogens is 1. The lowest BCUT2D eigenvalue weighted by atomic mass is 10.1. The molecular weight excluding hydrogens is 221 g/mol. The average Bonchev–Trinajstić information content (AvgIpc) is 2.27. The van der Waals surface area contributed by atoms with Crippen LogP contribution < -0.4 is 11.1 Å². The van der Waals surface area contributed by atoms with Gasteiger partial charge in [-0.1, -0.05) is 0 Å². The van der Waals surface area contributed by atoms with Gasteiger partial charge in [0.25, 0.3) is 0 Å². The average molecular weight is 235 g/mol. The summed E-state index contributed by atoms with van der Waals surface area (Å²) in [6, 6.07) is 5.98. The number of hydrogen-bond donors (Lipinski definition) is 2. The van der Waals surface area contributed by atoms with E-state index in [1.54, 1.807) is 6.92 Å². The highest BCUT2D eigenvalue weighted by Crippen LogP contribution is 2.10. The lowest BCUT2D eigenvalue weighted by molar-refractivity contribution is -0.118. The molecule has 1 rings (SSSR count). The minimum atomic E-state index is -0.406. The Morgan fingerprint density at radius 2 is 2.35 bits per heavy atom. The number of rotatable bonds is 5. The molecule has 1 aromatic rings. The van der Waals surface area contributed by atoms with Crippen molar-refractivity contribution in [1.29, 1.82) is 5.26 Å². The van der Waals surface area contributed by atoms with Gasteiger partial charge in [-0.3, -0.25) is 4.79 Å². The molecule has 5 heteroatoms. The molecule has 1 aromatic carbocycles. The number of primary amides is 1. The van der Waals surface area contributed by atoms with Gasteiger partial charge in [0.1, 0.15) is 5.82 Å². The summed E-state index contributed by atoms with van der Waals surface area (Å²) in [5, 5.41) is 11.7. The minimum absolute atomic E-state index is 0.127. The van der Waals surface area contributed by atoms with E-state index in [9.17, 15) is 9.18 Å². The highest BCUT2D eigenvalue weighted by molar-refractivity contribution is 5.74. The number of nitrogens with zero attached hydrogens (tertiary/aromatic N) is 1. The van der Waals surface area contributed by atoms with E-state index < -0.39 is 5.91 Å². The maximum absolute atomic E-state index is 13.4. The molecule has 17 heavy (non-hydrogen) atoms. The van der Waals surface area contributed by atoms with Crippen LogP contribution in [-0.4, -0.2) is 11.9 Å². The number of nitrogens with one attached hydrogen (secondary N) is 1. The third-order valence-corrected chi connectivity index (χ3v) is 2.32. The Bertz CT molecular complexity index is 454. The molecule has 1 atom stereocenters. The standard InChI is InChI=1S/C12H14FN3O/c1-8(4-12(15)17)16-7-10-5-9(6-14)2-3-11(10)13/h2-3,5,8,16H,4,7H2,1H3,(H2,15,17). The Morgan fingerprint density at radius 1 is 1.65 bits per heavy atom. The van der Waals surface area contributed by atoms with E-state index >= 15 is 0 Å². The number of amides is 1. The molecule has 0 saturated heterocycles. The lowest BCUT2D eigenvalue weighted by Gasteiger charge is -2.12. The molecule has 0 aliphatic carbocycles. The SMILES string of the molecule is CC(CC(N)=O)NCc1cc(C#N)ccc1F. The molecule has 0 aromatic heterocycles. The Balaban J connectivity index is 2.63. The van der Waals surface area contributed by atoms with Gasteiger partial charge in [-0.05, 0) is 25.1 Å². The van der Waals surface area contributed by atoms with Gasteiger partial charge in [-0.2, -0.15) is 5.26 Å². The van der Waals surface area contributed by atoms with E-state index in [1.165, 1.54) is 18.2 Å². The Hall–Kier alpha value is -1.93. The maximum atomic E-state index is 13.4. The lowest BCUT2D eigenvalue weighted by Crippen LogP contribution is -2.30. The molecular formula is C12H14FN3O. The Labute approximate surface area is 99.2 Å². The molecule has 0 fully saturated rings. The predicted molar refractivity (Wildman–Crippen MR) is 61.2 cm³/mol. The third-order valence-electron chi connectivity index (χ3n) is 2.32. The fourth-order valence-electron chi connectivity index (χ4n) is 1.44. The summed E-state index contributed by atoms with van der Waals surface area (Å²) in [6.07, 6.45) is 0.194. The number of hydrogen-bond acceptors (Lipinski definition) is 3. The van der Waals surface area contributed by atoms with Crippen LogP contribution in [0.2, 0.25) is 0 Å². The largest absolute Gasteiger partial charge is 0.370 e. The van der Waals surface area contributed by atoms with Crippen LogP contribution >= 0.6 is 0 Å². The summed E-state index contributed by atoms with van der Waals surface area (Å²) < 4.78 is 13.4. The zero-order valence-electron chi connectivity index (χ0n) is 9.53. The Morgan fingerprint density at radius 3 is 2.94 bits per heavy atom. The molecule has 90 valence electrons. The van der Waals surface area contributed by atoms with Crippen molar-refractivity contribution in [2.24, 2.45) is 5.73 Å². The summed E-state index contributed by atoms with van der Waals surface area (Å²) in [5.41, 5.74) is 5.85. The van der Waals surface area contributed by atoms with Crippen LogP contribution in [0.25, 0.3) is 0 Å². The second-order valence-corrected chi connectivity index (χ2v) is 3.87. The van der Waals surface area contributed by atoms with Crippen molar-refractivity contribution in [2.45, 2.75) is 25.9 Å². The normalized spacial score (nSPS) is 11.8. The van der Waals surface area contributed by atoms with Crippen molar-refractivity contribution in [1.82, 2.24) is 5.32 Å². The van der Waals surface area contributed by atoms with Gasteiger partial charge >= 0.3 is 0 Å². The van der Waals surface area contributed by atoms with Gasteiger partial charge in [-0.15, -0.1) is 0 Å². The first-order chi connectivity index (χ1) is 8.02. The molecule has 0 saturated carbocycles. The van der Waals surface area contributed by atoms with E-state index in [-0.39, 0.29) is 24.8 Å². The smallest absolute Gasteiger partial charge is 0.218 e. The van der Waals surface area contributed by atoms with Crippen molar-refractivity contribution in [3.63, 3.8) is 0 Å². The van der Waals surface area contributed by atoms with Crippen molar-refractivity contribution in [2.75, 3.05) is 0 Å². The maximum Gasteiger partial charge on any atom is 0.218 e. The van der Waals surface area contributed by atoms with Gasteiger partial charge < -0.3 is 11.1 Å². The van der Waals surface area contributed by atoms with Crippen LogP contribution in [0.15, 0.2) is 18.2 Å². The summed E-state index contributed by atoms with van der Waals surface area (Å²) in [6.45, 7) is 2.05. The van der Waals surface area contributed by atoms with Gasteiger partial charge in [-0.25, -0.2) is 4.39 Å². The molecule has 1 unspecified atom stereocenters. The zero-order chi connectivity index (χ0) is 12.8. The fraction of sp³-hybridized carbons (Fsp3) is 0.333. The van der Waals surface area contributed by atoms with Crippen LogP contribution in [0.5, 0.6) is 0 Å². The summed E-state index contributed by atoms with van der Waals surface area (Å²) in [7, 11) is 0. The van der Waals surface area contributed by atoms with Crippen molar-refractivity contribution < 1.29 is 9.18 Å². The van der Waals surface area contributed by atoms with Crippen molar-refractivity contribution in [3.8, 4) is 6.07 Å². The van der Waals surface area contributed by atoms with E-state index in [1.807, 2.05) is 6.07 Å². The van der Waals surface area contributed by atoms with Crippen molar-refractivity contribution in [3.05, 3.63) is 35.1 Å². The molecule has 0 heterocycles. The van der Waals surface area contributed by atoms with Crippen LogP contribution in [0, 0.1) is 17.1 Å². The quantitative estimate of drug-likeness (QED) is 0.800. The molecule has 0 bridgehead atoms. The van der Waals surface area contributed by atoms with E-state index in [0.29, 0.717) is 11.1 Å². The summed E-state index contributed by atoms with van der Waals surface area (Å²) >= 11 is 0. The van der Waals surface area contributed by atoms with Gasteiger partial charge in [0.2, 0.25) is 5.91 Å². The number of carbonyl (C=O) groups excluding carboxylic acids is 1. The zero-order valence-corrected chi connectivity index (χ0v) is 9.53. The topological polar surface area (TPSA) is 78.9 Å². The number of benzene rings is 1. The van der Waals surface area contributed by atoms with E-state index in [4.69, 9.17) is 11.0 Å². The molecule has 1 amide bonds. The minimum Gasteiger partial charge on any atom is -0.370 e. The molecule has 0 aliphatic heterocycles. The van der Waals surface area contributed by atoms with E-state index in [0.717, 1.165) is 0 Å². The van der Waals surface area contributed by atoms with Gasteiger partial charge in [0, 0.05) is 24.6 Å². The second-order valence-electron chi connectivity index (χ2n) is 3.87. The first kappa shape index (κ1) is 13.1. The second kappa shape index (κ2) is 5.97. The van der Waals surface area contributed by atoms with Crippen molar-refractivity contribution >= 4 is 5.91 Å². The third kappa shape index (κ3) is 4.21. The predicted octanol–water partition coefficient (Wildman–Crippen LogP) is 1.05. The molecule has 3 N–H and O–H groups in total. The number of carbonyl (C=O) groups is 1. The van der Waals surface area contributed by atoms with E-state index in [2.05, 4.69) is 5.32 Å². The van der Waals surface area contributed by atoms with Crippen LogP contribution in [0.3, 0.4) is 0 Å². The number of nitriles is 1. The first-order valence-electron chi connectivity index (χ1n) is 5.23. The monoisotopic (exact) mass is 235 g/mol. The molecule has 0 spiro atoms. The van der Waals surface area contributed by atoms with Gasteiger partial charge in [0.15, 0.2) is 0 Å². The molecule has 0 radical (unpaired) electrons. The van der Waals surface area contributed by atoms with Crippen LogP contribution in [0.1, 0.15) is 24.5 Å². The summed E-state index contributed by atoms with van der Waals surface area (Å²) in [5.74, 6) is -0.779. The van der Waals surface area contributed by atoms with Gasteiger partial charge in [0.05, 0.1) is 11.6 Å². The fourth-order valence-corrected chi connectivity index (χ4v) is 1.44. The molecule has 4 nitrogen and oxygen atoms in total. The van der Waals surface area contributed by atoms with Crippen LogP contribution in [0.4, 0.5) is 4.39 Å². The highest BCUT2D eigenvalue weighted by atomic mass is 19.1. The summed E-state index contributed by atoms with van der Waals surface area (Å²) in [4.78, 5) is 10.7. The Kier molecular flexibility index (Phi) is 4.61. The highest BCUT2D eigenvalue weighted by Gasteiger charge is 2.08. The molecule has 0 aliphatic rings.